The van der Waals surface area contributed by atoms with Crippen LogP contribution in [0.3, 0.4) is 0 Å². The Labute approximate surface area is 79.5 Å². The van der Waals surface area contributed by atoms with Gasteiger partial charge in [0, 0.05) is 5.56 Å². The van der Waals surface area contributed by atoms with E-state index in [1.807, 2.05) is 18.2 Å². The quantitative estimate of drug-likeness (QED) is 0.707. The second-order valence-electron chi connectivity index (χ2n) is 2.70. The smallest absolute Gasteiger partial charge is 0.164 e. The molecule has 0 fully saturated rings. The predicted octanol–water partition coefficient (Wildman–Crippen LogP) is 2.67. The van der Waals surface area contributed by atoms with Crippen LogP contribution in [0.5, 0.6) is 11.5 Å². The van der Waals surface area contributed by atoms with E-state index in [9.17, 15) is 0 Å². The van der Waals surface area contributed by atoms with Crippen molar-refractivity contribution < 1.29 is 9.47 Å². The van der Waals surface area contributed by atoms with E-state index < -0.39 is 0 Å². The molecule has 0 saturated carbocycles. The van der Waals surface area contributed by atoms with Gasteiger partial charge in [0.25, 0.3) is 0 Å². The Hall–Kier alpha value is -1.18. The highest BCUT2D eigenvalue weighted by Crippen LogP contribution is 2.31. The van der Waals surface area contributed by atoms with Crippen LogP contribution >= 0.6 is 0 Å². The summed E-state index contributed by atoms with van der Waals surface area (Å²) in [7, 11) is 3.30. The van der Waals surface area contributed by atoms with E-state index in [1.165, 1.54) is 0 Å². The molecule has 0 aliphatic carbocycles. The number of rotatable bonds is 4. The molecule has 13 heavy (non-hydrogen) atoms. The lowest BCUT2D eigenvalue weighted by molar-refractivity contribution is 0.353. The van der Waals surface area contributed by atoms with E-state index in [0.717, 1.165) is 23.5 Å². The van der Waals surface area contributed by atoms with E-state index in [-0.39, 0.29) is 0 Å². The van der Waals surface area contributed by atoms with Crippen molar-refractivity contribution in [2.75, 3.05) is 14.2 Å². The number of benzene rings is 1. The first-order valence-electron chi connectivity index (χ1n) is 4.37. The van der Waals surface area contributed by atoms with Gasteiger partial charge in [0.2, 0.25) is 0 Å². The molecular weight excluding hydrogens is 164 g/mol. The Morgan fingerprint density at radius 3 is 2.54 bits per heavy atom. The van der Waals surface area contributed by atoms with Crippen molar-refractivity contribution in [3.8, 4) is 11.5 Å². The first-order chi connectivity index (χ1) is 6.33. The van der Waals surface area contributed by atoms with Gasteiger partial charge in [-0.3, -0.25) is 0 Å². The highest BCUT2D eigenvalue weighted by molar-refractivity contribution is 5.49. The maximum absolute atomic E-state index is 5.26. The van der Waals surface area contributed by atoms with Gasteiger partial charge >= 0.3 is 0 Å². The number of ether oxygens (including phenoxy) is 2. The van der Waals surface area contributed by atoms with Crippen LogP contribution in [0.4, 0.5) is 0 Å². The summed E-state index contributed by atoms with van der Waals surface area (Å²) in [6, 6.07) is 5.87. The summed E-state index contributed by atoms with van der Waals surface area (Å²) in [4.78, 5) is 0. The molecule has 1 aromatic carbocycles. The third kappa shape index (κ3) is 2.14. The van der Waals surface area contributed by atoms with Gasteiger partial charge in [-0.05, 0) is 18.9 Å². The lowest BCUT2D eigenvalue weighted by Crippen LogP contribution is -1.94. The van der Waals surface area contributed by atoms with Crippen molar-refractivity contribution in [3.63, 3.8) is 0 Å². The average molecular weight is 179 g/mol. The molecule has 0 amide bonds. The second kappa shape index (κ2) is 4.75. The van der Waals surface area contributed by atoms with E-state index in [2.05, 4.69) is 13.3 Å². The Bertz CT molecular complexity index is 269. The summed E-state index contributed by atoms with van der Waals surface area (Å²) >= 11 is 0. The van der Waals surface area contributed by atoms with Crippen LogP contribution in [-0.4, -0.2) is 14.2 Å². The maximum Gasteiger partial charge on any atom is 0.164 e. The van der Waals surface area contributed by atoms with Crippen LogP contribution in [0, 0.1) is 6.42 Å². The van der Waals surface area contributed by atoms with Crippen molar-refractivity contribution >= 4 is 0 Å². The molecule has 0 aliphatic heterocycles. The summed E-state index contributed by atoms with van der Waals surface area (Å²) in [6.07, 6.45) is 3.10. The summed E-state index contributed by atoms with van der Waals surface area (Å²) in [5.74, 6) is 1.59. The summed E-state index contributed by atoms with van der Waals surface area (Å²) in [5.41, 5.74) is 1.09. The van der Waals surface area contributed by atoms with Gasteiger partial charge in [-0.1, -0.05) is 19.1 Å². The molecule has 0 aromatic heterocycles. The molecule has 0 aliphatic rings. The highest BCUT2D eigenvalue weighted by Gasteiger charge is 2.07. The normalized spacial score (nSPS) is 9.77. The zero-order chi connectivity index (χ0) is 9.68. The SMILES string of the molecule is CC[CH]c1cccc(OC)c1OC. The van der Waals surface area contributed by atoms with E-state index in [0.29, 0.717) is 0 Å². The Balaban J connectivity index is 3.03. The van der Waals surface area contributed by atoms with E-state index >= 15 is 0 Å². The fourth-order valence-electron chi connectivity index (χ4n) is 1.29. The van der Waals surface area contributed by atoms with Gasteiger partial charge in [0.1, 0.15) is 0 Å². The van der Waals surface area contributed by atoms with Gasteiger partial charge in [-0.15, -0.1) is 0 Å². The minimum atomic E-state index is 0.782. The summed E-state index contributed by atoms with van der Waals surface area (Å²) < 4.78 is 10.4. The van der Waals surface area contributed by atoms with Crippen LogP contribution in [0.1, 0.15) is 18.9 Å². The van der Waals surface area contributed by atoms with Crippen LogP contribution in [0.2, 0.25) is 0 Å². The molecule has 1 aromatic rings. The molecule has 0 atom stereocenters. The third-order valence-corrected chi connectivity index (χ3v) is 1.86. The number of para-hydroxylation sites is 1. The highest BCUT2D eigenvalue weighted by atomic mass is 16.5. The first kappa shape index (κ1) is 9.90. The Kier molecular flexibility index (Phi) is 3.62. The molecule has 2 heteroatoms. The van der Waals surface area contributed by atoms with E-state index in [4.69, 9.17) is 9.47 Å². The standard InChI is InChI=1S/C11H15O2/c1-4-6-9-7-5-8-10(12-2)11(9)13-3/h5-8H,4H2,1-3H3. The molecule has 0 unspecified atom stereocenters. The van der Waals surface area contributed by atoms with E-state index in [1.54, 1.807) is 14.2 Å². The number of methoxy groups -OCH3 is 2. The Morgan fingerprint density at radius 1 is 1.23 bits per heavy atom. The monoisotopic (exact) mass is 179 g/mol. The van der Waals surface area contributed by atoms with Crippen LogP contribution < -0.4 is 9.47 Å². The second-order valence-corrected chi connectivity index (χ2v) is 2.70. The molecular formula is C11H15O2. The zero-order valence-electron chi connectivity index (χ0n) is 8.33. The average Bonchev–Trinajstić information content (AvgIpc) is 2.18. The summed E-state index contributed by atoms with van der Waals surface area (Å²) in [5, 5.41) is 0. The third-order valence-electron chi connectivity index (χ3n) is 1.86. The fourth-order valence-corrected chi connectivity index (χ4v) is 1.29. The van der Waals surface area contributed by atoms with Crippen LogP contribution in [0.25, 0.3) is 0 Å². The largest absolute Gasteiger partial charge is 0.493 e. The lowest BCUT2D eigenvalue weighted by atomic mass is 10.1. The minimum Gasteiger partial charge on any atom is -0.493 e. The van der Waals surface area contributed by atoms with Crippen molar-refractivity contribution in [2.24, 2.45) is 0 Å². The molecule has 0 bridgehead atoms. The first-order valence-corrected chi connectivity index (χ1v) is 4.37. The van der Waals surface area contributed by atoms with Crippen molar-refractivity contribution in [1.82, 2.24) is 0 Å². The van der Waals surface area contributed by atoms with Gasteiger partial charge in [0.05, 0.1) is 14.2 Å². The molecule has 0 spiro atoms. The maximum atomic E-state index is 5.26. The topological polar surface area (TPSA) is 18.5 Å². The lowest BCUT2D eigenvalue weighted by Gasteiger charge is -2.11. The molecule has 0 N–H and O–H groups in total. The minimum absolute atomic E-state index is 0.782. The molecule has 1 radical (unpaired) electrons. The molecule has 0 heterocycles. The predicted molar refractivity (Wildman–Crippen MR) is 53.2 cm³/mol. The molecule has 2 nitrogen and oxygen atoms in total. The van der Waals surface area contributed by atoms with Gasteiger partial charge in [-0.2, -0.15) is 0 Å². The zero-order valence-corrected chi connectivity index (χ0v) is 8.33. The van der Waals surface area contributed by atoms with Crippen molar-refractivity contribution in [2.45, 2.75) is 13.3 Å². The number of hydrogen-bond donors (Lipinski definition) is 0. The number of hydrogen-bond acceptors (Lipinski definition) is 2. The molecule has 0 saturated heterocycles. The van der Waals surface area contributed by atoms with Crippen LogP contribution in [-0.2, 0) is 0 Å². The van der Waals surface area contributed by atoms with Gasteiger partial charge in [0.15, 0.2) is 11.5 Å². The summed E-state index contributed by atoms with van der Waals surface area (Å²) in [6.45, 7) is 2.10. The fraction of sp³-hybridized carbons (Fsp3) is 0.364. The molecule has 71 valence electrons. The van der Waals surface area contributed by atoms with Crippen LogP contribution in [0.15, 0.2) is 18.2 Å². The Morgan fingerprint density at radius 2 is 2.00 bits per heavy atom. The van der Waals surface area contributed by atoms with Crippen molar-refractivity contribution in [3.05, 3.63) is 30.2 Å². The van der Waals surface area contributed by atoms with Gasteiger partial charge < -0.3 is 9.47 Å². The molecule has 1 rings (SSSR count). The van der Waals surface area contributed by atoms with Crippen molar-refractivity contribution in [1.29, 1.82) is 0 Å². The van der Waals surface area contributed by atoms with Gasteiger partial charge in [-0.25, -0.2) is 0 Å².